The lowest BCUT2D eigenvalue weighted by Crippen LogP contribution is -2.23. The Bertz CT molecular complexity index is 1250. The van der Waals surface area contributed by atoms with E-state index in [2.05, 4.69) is 9.98 Å². The van der Waals surface area contributed by atoms with Gasteiger partial charge in [0, 0.05) is 49.3 Å². The molecule has 0 radical (unpaired) electrons. The number of likely N-dealkylation sites (N-methyl/N-ethyl adjacent to an activating group) is 1. The van der Waals surface area contributed by atoms with Gasteiger partial charge in [-0.2, -0.15) is 13.2 Å². The Morgan fingerprint density at radius 1 is 1.31 bits per heavy atom. The number of hydrogen-bond acceptors (Lipinski definition) is 5. The number of aliphatic hydroxyl groups is 1. The third kappa shape index (κ3) is 5.38. The number of aliphatic imine (C=N–C) groups is 1. The Morgan fingerprint density at radius 2 is 2.09 bits per heavy atom. The molecule has 0 saturated heterocycles. The lowest BCUT2D eigenvalue weighted by atomic mass is 9.92. The molecule has 1 aliphatic heterocycles. The molecular formula is C26H27ClF3N3O2. The van der Waals surface area contributed by atoms with Gasteiger partial charge in [-0.1, -0.05) is 35.9 Å². The summed E-state index contributed by atoms with van der Waals surface area (Å²) in [6.45, 7) is 2.70. The topological polar surface area (TPSA) is 58.0 Å². The Hall–Kier alpha value is -2.84. The number of pyridine rings is 1. The van der Waals surface area contributed by atoms with Crippen LogP contribution >= 0.6 is 11.6 Å². The van der Waals surface area contributed by atoms with Gasteiger partial charge in [-0.3, -0.25) is 4.99 Å². The molecule has 2 unspecified atom stereocenters. The lowest BCUT2D eigenvalue weighted by molar-refractivity contribution is -0.160. The van der Waals surface area contributed by atoms with Gasteiger partial charge in [0.2, 0.25) is 5.88 Å². The summed E-state index contributed by atoms with van der Waals surface area (Å²) in [5, 5.41) is 12.1. The van der Waals surface area contributed by atoms with Crippen LogP contribution in [0.2, 0.25) is 5.02 Å². The van der Waals surface area contributed by atoms with Crippen LogP contribution in [0.4, 0.5) is 13.2 Å². The summed E-state index contributed by atoms with van der Waals surface area (Å²) in [7, 11) is 3.39. The summed E-state index contributed by atoms with van der Waals surface area (Å²) < 4.78 is 44.4. The van der Waals surface area contributed by atoms with Crippen molar-refractivity contribution in [3.63, 3.8) is 0 Å². The van der Waals surface area contributed by atoms with E-state index in [1.807, 2.05) is 18.9 Å². The standard InChI is InChI=1S/C26H27ClF3N3O2/c1-15-10-11-33(2)22(14-31-15)24(34)17-6-9-21-19(13-17)23(27)20(25(32-21)35-3)12-16-4-7-18(8-5-16)26(28,29)30/h4-7,9,13-14,18,24,34H,8,10-12H2,1-3H3. The number of ether oxygens (including phenoxy) is 1. The monoisotopic (exact) mass is 505 g/mol. The summed E-state index contributed by atoms with van der Waals surface area (Å²) in [6, 6.07) is 5.35. The molecule has 0 bridgehead atoms. The van der Waals surface area contributed by atoms with Gasteiger partial charge in [0.25, 0.3) is 0 Å². The number of alkyl halides is 3. The van der Waals surface area contributed by atoms with E-state index in [9.17, 15) is 18.3 Å². The third-order valence-electron chi connectivity index (χ3n) is 6.44. The SMILES string of the molecule is COc1nc2ccc(C(O)C3=CN=C(C)CCN3C)cc2c(Cl)c1CC1=CCC(C(F)(F)F)C=C1. The summed E-state index contributed by atoms with van der Waals surface area (Å²) in [6.07, 6.45) is 1.73. The van der Waals surface area contributed by atoms with Gasteiger partial charge in [0.05, 0.1) is 29.3 Å². The summed E-state index contributed by atoms with van der Waals surface area (Å²) in [5.41, 5.74) is 4.19. The Labute approximate surface area is 207 Å². The number of fused-ring (bicyclic) bond motifs is 1. The highest BCUT2D eigenvalue weighted by molar-refractivity contribution is 6.36. The predicted octanol–water partition coefficient (Wildman–Crippen LogP) is 6.18. The summed E-state index contributed by atoms with van der Waals surface area (Å²) in [5.74, 6) is -1.16. The molecule has 1 N–H and O–H groups in total. The fraction of sp³-hybridized carbons (Fsp3) is 0.385. The zero-order valence-corrected chi connectivity index (χ0v) is 20.5. The molecule has 0 fully saturated rings. The Morgan fingerprint density at radius 3 is 2.74 bits per heavy atom. The molecule has 9 heteroatoms. The fourth-order valence-corrected chi connectivity index (χ4v) is 4.54. The molecule has 2 aliphatic rings. The van der Waals surface area contributed by atoms with E-state index in [0.717, 1.165) is 18.7 Å². The lowest BCUT2D eigenvalue weighted by Gasteiger charge is -2.25. The van der Waals surface area contributed by atoms with Crippen LogP contribution in [0.5, 0.6) is 5.88 Å². The average molecular weight is 506 g/mol. The molecule has 2 aromatic rings. The van der Waals surface area contributed by atoms with Crippen LogP contribution in [0.1, 0.15) is 37.0 Å². The van der Waals surface area contributed by atoms with Gasteiger partial charge in [-0.15, -0.1) is 0 Å². The van der Waals surface area contributed by atoms with Crippen molar-refractivity contribution in [2.75, 3.05) is 20.7 Å². The van der Waals surface area contributed by atoms with E-state index in [0.29, 0.717) is 44.2 Å². The van der Waals surface area contributed by atoms with Gasteiger partial charge in [-0.05, 0) is 36.6 Å². The molecule has 0 spiro atoms. The smallest absolute Gasteiger partial charge is 0.395 e. The molecule has 1 aliphatic carbocycles. The van der Waals surface area contributed by atoms with Crippen molar-refractivity contribution in [2.24, 2.45) is 10.9 Å². The first kappa shape index (κ1) is 25.3. The van der Waals surface area contributed by atoms with Crippen molar-refractivity contribution >= 4 is 28.2 Å². The largest absolute Gasteiger partial charge is 0.481 e. The van der Waals surface area contributed by atoms with Crippen molar-refractivity contribution in [1.29, 1.82) is 0 Å². The summed E-state index contributed by atoms with van der Waals surface area (Å²) in [4.78, 5) is 11.0. The zero-order chi connectivity index (χ0) is 25.3. The van der Waals surface area contributed by atoms with Crippen molar-refractivity contribution in [2.45, 2.75) is 38.5 Å². The number of benzene rings is 1. The molecular weight excluding hydrogens is 479 g/mol. The number of nitrogens with zero attached hydrogens (tertiary/aromatic N) is 3. The first-order valence-electron chi connectivity index (χ1n) is 11.3. The molecule has 2 heterocycles. The highest BCUT2D eigenvalue weighted by Crippen LogP contribution is 2.38. The van der Waals surface area contributed by atoms with Crippen molar-refractivity contribution in [3.05, 3.63) is 70.0 Å². The molecule has 186 valence electrons. The van der Waals surface area contributed by atoms with Gasteiger partial charge in [0.15, 0.2) is 0 Å². The first-order valence-corrected chi connectivity index (χ1v) is 11.7. The van der Waals surface area contributed by atoms with Gasteiger partial charge < -0.3 is 14.7 Å². The van der Waals surface area contributed by atoms with E-state index >= 15 is 0 Å². The molecule has 35 heavy (non-hydrogen) atoms. The number of rotatable bonds is 5. The van der Waals surface area contributed by atoms with Gasteiger partial charge >= 0.3 is 6.18 Å². The van der Waals surface area contributed by atoms with E-state index in [-0.39, 0.29) is 12.8 Å². The molecule has 1 aromatic heterocycles. The predicted molar refractivity (Wildman–Crippen MR) is 132 cm³/mol. The maximum atomic E-state index is 13.0. The second-order valence-electron chi connectivity index (χ2n) is 8.88. The van der Waals surface area contributed by atoms with E-state index in [4.69, 9.17) is 16.3 Å². The molecule has 5 nitrogen and oxygen atoms in total. The van der Waals surface area contributed by atoms with Crippen LogP contribution in [-0.2, 0) is 6.42 Å². The maximum absolute atomic E-state index is 13.0. The van der Waals surface area contributed by atoms with Gasteiger partial charge in [0.1, 0.15) is 6.10 Å². The van der Waals surface area contributed by atoms with E-state index < -0.39 is 18.2 Å². The van der Waals surface area contributed by atoms with Crippen LogP contribution in [0, 0.1) is 5.92 Å². The molecule has 1 aromatic carbocycles. The molecule has 2 atom stereocenters. The van der Waals surface area contributed by atoms with Crippen LogP contribution in [0.3, 0.4) is 0 Å². The van der Waals surface area contributed by atoms with E-state index in [1.165, 1.54) is 19.3 Å². The van der Waals surface area contributed by atoms with Crippen LogP contribution in [0.25, 0.3) is 10.9 Å². The minimum atomic E-state index is -4.26. The first-order chi connectivity index (χ1) is 16.6. The van der Waals surface area contributed by atoms with E-state index in [1.54, 1.807) is 30.5 Å². The van der Waals surface area contributed by atoms with Crippen LogP contribution in [-0.4, -0.2) is 47.6 Å². The fourth-order valence-electron chi connectivity index (χ4n) is 4.24. The Balaban J connectivity index is 1.68. The molecule has 4 rings (SSSR count). The number of aromatic nitrogens is 1. The van der Waals surface area contributed by atoms with Crippen molar-refractivity contribution < 1.29 is 23.0 Å². The maximum Gasteiger partial charge on any atom is 0.395 e. The number of halogens is 4. The molecule has 0 amide bonds. The second kappa shape index (κ2) is 10.0. The summed E-state index contributed by atoms with van der Waals surface area (Å²) >= 11 is 6.80. The van der Waals surface area contributed by atoms with Crippen molar-refractivity contribution in [1.82, 2.24) is 9.88 Å². The molecule has 0 saturated carbocycles. The van der Waals surface area contributed by atoms with Crippen LogP contribution < -0.4 is 4.74 Å². The second-order valence-corrected chi connectivity index (χ2v) is 9.26. The quantitative estimate of drug-likeness (QED) is 0.527. The number of methoxy groups -OCH3 is 1. The number of allylic oxidation sites excluding steroid dienone is 4. The minimum Gasteiger partial charge on any atom is -0.481 e. The minimum absolute atomic E-state index is 0.114. The van der Waals surface area contributed by atoms with Crippen LogP contribution in [0.15, 0.2) is 58.9 Å². The van der Waals surface area contributed by atoms with Gasteiger partial charge in [-0.25, -0.2) is 4.98 Å². The third-order valence-corrected chi connectivity index (χ3v) is 6.87. The average Bonchev–Trinajstić information content (AvgIpc) is 3.00. The number of aliphatic hydroxyl groups excluding tert-OH is 1. The number of hydrogen-bond donors (Lipinski definition) is 1. The van der Waals surface area contributed by atoms with Crippen molar-refractivity contribution in [3.8, 4) is 5.88 Å². The normalized spacial score (nSPS) is 19.7. The Kier molecular flexibility index (Phi) is 7.24. The highest BCUT2D eigenvalue weighted by atomic mass is 35.5. The highest BCUT2D eigenvalue weighted by Gasteiger charge is 2.37. The zero-order valence-electron chi connectivity index (χ0n) is 19.7.